The molecule has 0 bridgehead atoms. The number of hydrogen-bond acceptors (Lipinski definition) is 4. The molecular formula is C23H23N3O4. The van der Waals surface area contributed by atoms with E-state index >= 15 is 0 Å². The second kappa shape index (κ2) is 6.86. The number of rotatable bonds is 2. The van der Waals surface area contributed by atoms with E-state index in [1.807, 2.05) is 36.4 Å². The maximum Gasteiger partial charge on any atom is 0.344 e. The molecule has 2 heterocycles. The Morgan fingerprint density at radius 3 is 2.20 bits per heavy atom. The summed E-state index contributed by atoms with van der Waals surface area (Å²) in [5.41, 5.74) is 3.08. The van der Waals surface area contributed by atoms with Gasteiger partial charge in [0.2, 0.25) is 0 Å². The molecule has 1 aliphatic carbocycles. The van der Waals surface area contributed by atoms with Crippen LogP contribution in [0.25, 0.3) is 0 Å². The van der Waals surface area contributed by atoms with E-state index in [2.05, 4.69) is 17.7 Å². The molecule has 2 aromatic rings. The summed E-state index contributed by atoms with van der Waals surface area (Å²) < 4.78 is 5.93. The average molecular weight is 405 g/mol. The van der Waals surface area contributed by atoms with E-state index in [9.17, 15) is 14.4 Å². The molecule has 0 unspecified atom stereocenters. The first-order valence-corrected chi connectivity index (χ1v) is 10.3. The third kappa shape index (κ3) is 2.84. The van der Waals surface area contributed by atoms with Crippen LogP contribution < -0.4 is 15.5 Å². The summed E-state index contributed by atoms with van der Waals surface area (Å²) >= 11 is 0. The Morgan fingerprint density at radius 2 is 1.60 bits per heavy atom. The average Bonchev–Trinajstić information content (AvgIpc) is 2.98. The van der Waals surface area contributed by atoms with Crippen molar-refractivity contribution in [1.29, 1.82) is 0 Å². The number of fused-ring (bicyclic) bond motifs is 2. The second-order valence-corrected chi connectivity index (χ2v) is 8.42. The van der Waals surface area contributed by atoms with Gasteiger partial charge in [-0.25, -0.2) is 4.79 Å². The number of imide groups is 1. The van der Waals surface area contributed by atoms with Gasteiger partial charge in [0.1, 0.15) is 17.0 Å². The van der Waals surface area contributed by atoms with Crippen LogP contribution in [-0.4, -0.2) is 28.4 Å². The Kier molecular flexibility index (Phi) is 4.27. The summed E-state index contributed by atoms with van der Waals surface area (Å²) in [4.78, 5) is 39.1. The topological polar surface area (TPSA) is 87.7 Å². The molecule has 7 nitrogen and oxygen atoms in total. The van der Waals surface area contributed by atoms with Crippen molar-refractivity contribution >= 4 is 17.8 Å². The minimum Gasteiger partial charge on any atom is -0.457 e. The number of amides is 4. The fourth-order valence-electron chi connectivity index (χ4n) is 4.68. The van der Waals surface area contributed by atoms with Gasteiger partial charge in [-0.1, -0.05) is 43.3 Å². The Bertz CT molecular complexity index is 997. The molecule has 154 valence electrons. The van der Waals surface area contributed by atoms with Gasteiger partial charge in [-0.2, -0.15) is 5.01 Å². The van der Waals surface area contributed by atoms with E-state index in [0.29, 0.717) is 41.4 Å². The van der Waals surface area contributed by atoms with Gasteiger partial charge in [0.15, 0.2) is 0 Å². The highest BCUT2D eigenvalue weighted by molar-refractivity contribution is 6.08. The zero-order valence-electron chi connectivity index (χ0n) is 16.7. The fourth-order valence-corrected chi connectivity index (χ4v) is 4.68. The molecular weight excluding hydrogens is 382 g/mol. The molecule has 5 rings (SSSR count). The van der Waals surface area contributed by atoms with Crippen LogP contribution in [0.3, 0.4) is 0 Å². The standard InChI is InChI=1S/C23H23N3O4/c1-14-10-12-23(13-11-14)21(28)26(22(29)24-23)25-20(27)19-15-6-2-4-8-17(15)30-18-9-5-3-7-16(18)19/h2-9,14,19H,10-13H2,1H3,(H,24,29)(H,25,27). The molecule has 0 aromatic heterocycles. The lowest BCUT2D eigenvalue weighted by Gasteiger charge is -2.33. The van der Waals surface area contributed by atoms with Gasteiger partial charge in [-0.15, -0.1) is 0 Å². The lowest BCUT2D eigenvalue weighted by molar-refractivity contribution is -0.140. The molecule has 1 saturated heterocycles. The van der Waals surface area contributed by atoms with Crippen LogP contribution in [0.15, 0.2) is 48.5 Å². The molecule has 7 heteroatoms. The number of nitrogens with zero attached hydrogens (tertiary/aromatic N) is 1. The lowest BCUT2D eigenvalue weighted by atomic mass is 9.77. The van der Waals surface area contributed by atoms with Gasteiger partial charge in [0.25, 0.3) is 11.8 Å². The van der Waals surface area contributed by atoms with Gasteiger partial charge in [-0.05, 0) is 43.7 Å². The molecule has 0 atom stereocenters. The SMILES string of the molecule is CC1CCC2(CC1)NC(=O)N(NC(=O)C1c3ccccc3Oc3ccccc31)C2=O. The molecule has 30 heavy (non-hydrogen) atoms. The molecule has 1 saturated carbocycles. The van der Waals surface area contributed by atoms with Gasteiger partial charge in [-0.3, -0.25) is 15.0 Å². The number of nitrogens with one attached hydrogen (secondary N) is 2. The number of carbonyl (C=O) groups is 3. The second-order valence-electron chi connectivity index (χ2n) is 8.42. The Hall–Kier alpha value is -3.35. The van der Waals surface area contributed by atoms with E-state index in [1.165, 1.54) is 0 Å². The Labute approximate surface area is 174 Å². The largest absolute Gasteiger partial charge is 0.457 e. The molecule has 2 aliphatic heterocycles. The molecule has 2 N–H and O–H groups in total. The van der Waals surface area contributed by atoms with Crippen LogP contribution in [0.5, 0.6) is 11.5 Å². The monoisotopic (exact) mass is 405 g/mol. The molecule has 3 aliphatic rings. The van der Waals surface area contributed by atoms with E-state index in [0.717, 1.165) is 17.9 Å². The van der Waals surface area contributed by atoms with Gasteiger partial charge in [0.05, 0.1) is 5.92 Å². The predicted molar refractivity (Wildman–Crippen MR) is 109 cm³/mol. The summed E-state index contributed by atoms with van der Waals surface area (Å²) in [5, 5.41) is 3.69. The van der Waals surface area contributed by atoms with Crippen LogP contribution in [0, 0.1) is 5.92 Å². The zero-order chi connectivity index (χ0) is 20.9. The minimum absolute atomic E-state index is 0.374. The minimum atomic E-state index is -0.900. The van der Waals surface area contributed by atoms with Crippen molar-refractivity contribution in [3.63, 3.8) is 0 Å². The number of hydrogen-bond donors (Lipinski definition) is 2. The lowest BCUT2D eigenvalue weighted by Crippen LogP contribution is -2.52. The highest BCUT2D eigenvalue weighted by atomic mass is 16.5. The van der Waals surface area contributed by atoms with E-state index in [1.54, 1.807) is 12.1 Å². The highest BCUT2D eigenvalue weighted by Gasteiger charge is 2.53. The van der Waals surface area contributed by atoms with Crippen LogP contribution in [0.1, 0.15) is 49.7 Å². The van der Waals surface area contributed by atoms with Gasteiger partial charge in [0, 0.05) is 11.1 Å². The first-order chi connectivity index (χ1) is 14.5. The number of ether oxygens (including phenoxy) is 1. The molecule has 4 amide bonds. The third-order valence-corrected chi connectivity index (χ3v) is 6.45. The third-order valence-electron chi connectivity index (χ3n) is 6.45. The highest BCUT2D eigenvalue weighted by Crippen LogP contribution is 2.44. The molecule has 2 aromatic carbocycles. The number of para-hydroxylation sites is 2. The van der Waals surface area contributed by atoms with E-state index in [4.69, 9.17) is 4.74 Å². The van der Waals surface area contributed by atoms with Crippen LogP contribution >= 0.6 is 0 Å². The number of hydrazine groups is 1. The Morgan fingerprint density at radius 1 is 1.03 bits per heavy atom. The van der Waals surface area contributed by atoms with Crippen molar-refractivity contribution in [2.75, 3.05) is 0 Å². The van der Waals surface area contributed by atoms with E-state index < -0.39 is 23.4 Å². The van der Waals surface area contributed by atoms with Crippen molar-refractivity contribution in [3.05, 3.63) is 59.7 Å². The normalized spacial score (nSPS) is 25.4. The van der Waals surface area contributed by atoms with Gasteiger partial charge < -0.3 is 10.1 Å². The van der Waals surface area contributed by atoms with Crippen LogP contribution in [0.4, 0.5) is 4.79 Å². The van der Waals surface area contributed by atoms with E-state index in [-0.39, 0.29) is 5.91 Å². The maximum atomic E-state index is 13.4. The predicted octanol–water partition coefficient (Wildman–Crippen LogP) is 3.46. The van der Waals surface area contributed by atoms with Crippen molar-refractivity contribution in [1.82, 2.24) is 15.8 Å². The van der Waals surface area contributed by atoms with Crippen LogP contribution in [0.2, 0.25) is 0 Å². The molecule has 1 spiro atoms. The number of carbonyl (C=O) groups excluding carboxylic acids is 3. The first kappa shape index (κ1) is 18.7. The fraction of sp³-hybridized carbons (Fsp3) is 0.348. The summed E-state index contributed by atoms with van der Waals surface area (Å²) in [6.07, 6.45) is 2.92. The smallest absolute Gasteiger partial charge is 0.344 e. The van der Waals surface area contributed by atoms with Crippen molar-refractivity contribution in [2.45, 2.75) is 44.1 Å². The van der Waals surface area contributed by atoms with Crippen LogP contribution in [-0.2, 0) is 9.59 Å². The summed E-state index contributed by atoms with van der Waals surface area (Å²) in [5.74, 6) is 0.204. The first-order valence-electron chi connectivity index (χ1n) is 10.3. The van der Waals surface area contributed by atoms with Crippen molar-refractivity contribution in [2.24, 2.45) is 5.92 Å². The molecule has 2 fully saturated rings. The maximum absolute atomic E-state index is 13.4. The number of benzene rings is 2. The summed E-state index contributed by atoms with van der Waals surface area (Å²) in [6.45, 7) is 2.15. The number of urea groups is 1. The van der Waals surface area contributed by atoms with Crippen molar-refractivity contribution < 1.29 is 19.1 Å². The van der Waals surface area contributed by atoms with Gasteiger partial charge >= 0.3 is 6.03 Å². The summed E-state index contributed by atoms with van der Waals surface area (Å²) in [6, 6.07) is 14.0. The molecule has 0 radical (unpaired) electrons. The summed E-state index contributed by atoms with van der Waals surface area (Å²) in [7, 11) is 0. The Balaban J connectivity index is 1.44. The van der Waals surface area contributed by atoms with Crippen molar-refractivity contribution in [3.8, 4) is 11.5 Å². The quantitative estimate of drug-likeness (QED) is 0.749. The zero-order valence-corrected chi connectivity index (χ0v) is 16.7.